The molecule has 3 heteroatoms. The predicted octanol–water partition coefficient (Wildman–Crippen LogP) is 0.989. The van der Waals surface area contributed by atoms with Crippen LogP contribution in [-0.4, -0.2) is 11.4 Å². The van der Waals surface area contributed by atoms with Crippen molar-refractivity contribution in [1.82, 2.24) is 4.90 Å². The molecular formula is C22H25ClN2. The molecular weight excluding hydrogens is 328 g/mol. The number of nitrogens with zero attached hydrogens (tertiary/aromatic N) is 2. The quantitative estimate of drug-likeness (QED) is 0.575. The minimum Gasteiger partial charge on any atom is -1.00 e. The summed E-state index contributed by atoms with van der Waals surface area (Å²) in [6.45, 7) is 6.10. The Morgan fingerprint density at radius 1 is 0.720 bits per heavy atom. The van der Waals surface area contributed by atoms with Crippen LogP contribution in [0.25, 0.3) is 0 Å². The lowest BCUT2D eigenvalue weighted by Crippen LogP contribution is -3.00. The van der Waals surface area contributed by atoms with Gasteiger partial charge in [-0.2, -0.15) is 0 Å². The summed E-state index contributed by atoms with van der Waals surface area (Å²) in [6.07, 6.45) is 4.33. The van der Waals surface area contributed by atoms with Gasteiger partial charge >= 0.3 is 0 Å². The molecule has 3 aromatic rings. The van der Waals surface area contributed by atoms with Gasteiger partial charge in [0.15, 0.2) is 18.9 Å². The molecule has 0 radical (unpaired) electrons. The highest BCUT2D eigenvalue weighted by atomic mass is 35.5. The van der Waals surface area contributed by atoms with Crippen molar-refractivity contribution in [2.75, 3.05) is 6.54 Å². The highest BCUT2D eigenvalue weighted by molar-refractivity contribution is 5.17. The molecule has 0 N–H and O–H groups in total. The largest absolute Gasteiger partial charge is 1.00 e. The number of hydrogen-bond acceptors (Lipinski definition) is 1. The van der Waals surface area contributed by atoms with E-state index in [4.69, 9.17) is 0 Å². The van der Waals surface area contributed by atoms with Gasteiger partial charge in [0.05, 0.1) is 6.54 Å². The third-order valence-electron chi connectivity index (χ3n) is 4.23. The molecule has 25 heavy (non-hydrogen) atoms. The minimum absolute atomic E-state index is 0. The van der Waals surface area contributed by atoms with Crippen molar-refractivity contribution in [2.24, 2.45) is 0 Å². The lowest BCUT2D eigenvalue weighted by Gasteiger charge is -2.21. The Kier molecular flexibility index (Phi) is 7.65. The van der Waals surface area contributed by atoms with E-state index in [1.807, 2.05) is 0 Å². The Labute approximate surface area is 157 Å². The fraction of sp³-hybridized carbons (Fsp3) is 0.227. The zero-order valence-electron chi connectivity index (χ0n) is 14.7. The summed E-state index contributed by atoms with van der Waals surface area (Å²) >= 11 is 0. The molecule has 0 unspecified atom stereocenters. The van der Waals surface area contributed by atoms with Crippen LogP contribution in [-0.2, 0) is 19.6 Å². The molecule has 3 rings (SSSR count). The van der Waals surface area contributed by atoms with E-state index < -0.39 is 0 Å². The Morgan fingerprint density at radius 3 is 1.68 bits per heavy atom. The van der Waals surface area contributed by atoms with Gasteiger partial charge in [0.25, 0.3) is 0 Å². The smallest absolute Gasteiger partial charge is 0.169 e. The van der Waals surface area contributed by atoms with Crippen LogP contribution >= 0.6 is 0 Å². The van der Waals surface area contributed by atoms with Crippen LogP contribution in [0.4, 0.5) is 0 Å². The monoisotopic (exact) mass is 352 g/mol. The van der Waals surface area contributed by atoms with Crippen molar-refractivity contribution >= 4 is 0 Å². The molecule has 0 aliphatic heterocycles. The molecule has 2 nitrogen and oxygen atoms in total. The van der Waals surface area contributed by atoms with Gasteiger partial charge in [-0.15, -0.1) is 0 Å². The normalized spacial score (nSPS) is 10.5. The van der Waals surface area contributed by atoms with Crippen molar-refractivity contribution in [1.29, 1.82) is 0 Å². The molecule has 0 saturated heterocycles. The van der Waals surface area contributed by atoms with Crippen LogP contribution in [0.15, 0.2) is 85.2 Å². The summed E-state index contributed by atoms with van der Waals surface area (Å²) in [5.74, 6) is 0. The van der Waals surface area contributed by atoms with E-state index in [-0.39, 0.29) is 12.4 Å². The Morgan fingerprint density at radius 2 is 1.20 bits per heavy atom. The fourth-order valence-corrected chi connectivity index (χ4v) is 2.84. The number of hydrogen-bond donors (Lipinski definition) is 0. The van der Waals surface area contributed by atoms with Crippen LogP contribution in [0.5, 0.6) is 0 Å². The molecule has 1 aromatic heterocycles. The van der Waals surface area contributed by atoms with Crippen LogP contribution in [0.2, 0.25) is 0 Å². The number of rotatable bonds is 7. The number of pyridine rings is 1. The van der Waals surface area contributed by atoms with E-state index in [9.17, 15) is 0 Å². The topological polar surface area (TPSA) is 7.12 Å². The van der Waals surface area contributed by atoms with E-state index in [1.165, 1.54) is 16.7 Å². The van der Waals surface area contributed by atoms with Gasteiger partial charge in [0.1, 0.15) is 0 Å². The molecule has 130 valence electrons. The summed E-state index contributed by atoms with van der Waals surface area (Å²) in [5.41, 5.74) is 4.03. The second-order valence-corrected chi connectivity index (χ2v) is 6.30. The third-order valence-corrected chi connectivity index (χ3v) is 4.23. The summed E-state index contributed by atoms with van der Waals surface area (Å²) in [4.78, 5) is 2.51. The average molecular weight is 353 g/mol. The summed E-state index contributed by atoms with van der Waals surface area (Å²) in [6, 6.07) is 25.8. The molecule has 0 aliphatic carbocycles. The first kappa shape index (κ1) is 19.2. The Bertz CT molecular complexity index is 685. The number of benzene rings is 2. The first-order valence-electron chi connectivity index (χ1n) is 8.55. The molecule has 0 fully saturated rings. The molecule has 0 bridgehead atoms. The van der Waals surface area contributed by atoms with E-state index in [2.05, 4.69) is 102 Å². The van der Waals surface area contributed by atoms with Crippen molar-refractivity contribution in [2.45, 2.75) is 26.6 Å². The standard InChI is InChI=1S/C22H25N2.ClH/c1-20-12-14-23(15-13-20)16-17-24(18-21-8-4-2-5-9-21)19-22-10-6-3-7-11-22;/h2-15H,16-19H2,1H3;1H/q+1;/p-1. The van der Waals surface area contributed by atoms with E-state index in [0.717, 1.165) is 26.2 Å². The fourth-order valence-electron chi connectivity index (χ4n) is 2.84. The van der Waals surface area contributed by atoms with Crippen LogP contribution in [0.1, 0.15) is 16.7 Å². The molecule has 0 spiro atoms. The third kappa shape index (κ3) is 6.33. The van der Waals surface area contributed by atoms with E-state index >= 15 is 0 Å². The lowest BCUT2D eigenvalue weighted by atomic mass is 10.1. The molecule has 0 saturated carbocycles. The highest BCUT2D eigenvalue weighted by Crippen LogP contribution is 2.09. The molecule has 0 atom stereocenters. The zero-order valence-corrected chi connectivity index (χ0v) is 15.4. The minimum atomic E-state index is 0. The Hall–Kier alpha value is -2.16. The second kappa shape index (κ2) is 9.97. The van der Waals surface area contributed by atoms with Gasteiger partial charge in [0.2, 0.25) is 0 Å². The SMILES string of the molecule is Cc1cc[n+](CCN(Cc2ccccc2)Cc2ccccc2)cc1.[Cl-]. The van der Waals surface area contributed by atoms with Crippen molar-refractivity contribution in [3.63, 3.8) is 0 Å². The maximum Gasteiger partial charge on any atom is 0.169 e. The van der Waals surface area contributed by atoms with Gasteiger partial charge in [-0.1, -0.05) is 60.7 Å². The summed E-state index contributed by atoms with van der Waals surface area (Å²) < 4.78 is 2.26. The Balaban J connectivity index is 0.00000225. The van der Waals surface area contributed by atoms with Gasteiger partial charge < -0.3 is 12.4 Å². The van der Waals surface area contributed by atoms with E-state index in [1.54, 1.807) is 0 Å². The predicted molar refractivity (Wildman–Crippen MR) is 98.4 cm³/mol. The van der Waals surface area contributed by atoms with E-state index in [0.29, 0.717) is 0 Å². The average Bonchev–Trinajstić information content (AvgIpc) is 2.63. The molecule has 0 amide bonds. The van der Waals surface area contributed by atoms with Crippen molar-refractivity contribution in [3.05, 3.63) is 102 Å². The number of aryl methyl sites for hydroxylation is 1. The van der Waals surface area contributed by atoms with Crippen molar-refractivity contribution < 1.29 is 17.0 Å². The number of halogens is 1. The van der Waals surface area contributed by atoms with Gasteiger partial charge in [0, 0.05) is 25.2 Å². The summed E-state index contributed by atoms with van der Waals surface area (Å²) in [5, 5.41) is 0. The first-order valence-corrected chi connectivity index (χ1v) is 8.55. The molecule has 0 aliphatic rings. The van der Waals surface area contributed by atoms with Crippen molar-refractivity contribution in [3.8, 4) is 0 Å². The maximum atomic E-state index is 2.51. The molecule has 2 aromatic carbocycles. The number of aromatic nitrogens is 1. The maximum absolute atomic E-state index is 2.51. The van der Waals surface area contributed by atoms with Gasteiger partial charge in [-0.05, 0) is 23.6 Å². The van der Waals surface area contributed by atoms with Gasteiger partial charge in [-0.25, -0.2) is 4.57 Å². The molecule has 1 heterocycles. The lowest BCUT2D eigenvalue weighted by molar-refractivity contribution is -0.696. The van der Waals surface area contributed by atoms with Crippen LogP contribution in [0.3, 0.4) is 0 Å². The summed E-state index contributed by atoms with van der Waals surface area (Å²) in [7, 11) is 0. The first-order chi connectivity index (χ1) is 11.8. The zero-order chi connectivity index (χ0) is 16.6. The van der Waals surface area contributed by atoms with Crippen LogP contribution < -0.4 is 17.0 Å². The highest BCUT2D eigenvalue weighted by Gasteiger charge is 2.10. The van der Waals surface area contributed by atoms with Gasteiger partial charge in [-0.3, -0.25) is 4.90 Å². The van der Waals surface area contributed by atoms with Crippen LogP contribution in [0, 0.1) is 6.92 Å². The second-order valence-electron chi connectivity index (χ2n) is 6.30.